The van der Waals surface area contributed by atoms with Crippen LogP contribution in [-0.2, 0) is 9.53 Å². The van der Waals surface area contributed by atoms with Crippen molar-refractivity contribution in [2.45, 2.75) is 26.7 Å². The van der Waals surface area contributed by atoms with Gasteiger partial charge in [-0.3, -0.25) is 4.79 Å². The van der Waals surface area contributed by atoms with Crippen LogP contribution in [0.4, 0.5) is 0 Å². The van der Waals surface area contributed by atoms with E-state index in [9.17, 15) is 4.79 Å². The molecule has 0 unspecified atom stereocenters. The van der Waals surface area contributed by atoms with Gasteiger partial charge in [0.05, 0.1) is 12.5 Å². The number of hydrogen-bond acceptors (Lipinski definition) is 3. The second kappa shape index (κ2) is 2.73. The molecule has 0 atom stereocenters. The van der Waals surface area contributed by atoms with Gasteiger partial charge < -0.3 is 10.5 Å². The van der Waals surface area contributed by atoms with E-state index in [-0.39, 0.29) is 16.8 Å². The second-order valence-corrected chi connectivity index (χ2v) is 4.49. The fraction of sp³-hybridized carbons (Fsp3) is 0.889. The van der Waals surface area contributed by atoms with Crippen molar-refractivity contribution >= 4 is 5.97 Å². The standard InChI is InChI=1S/C9H17NO2/c1-8(2)4-9(5-8,6-10)7(11)12-3/h4-6,10H2,1-3H3. The molecule has 0 aromatic rings. The van der Waals surface area contributed by atoms with Crippen LogP contribution < -0.4 is 5.73 Å². The van der Waals surface area contributed by atoms with E-state index in [1.54, 1.807) is 0 Å². The van der Waals surface area contributed by atoms with Crippen LogP contribution in [0.3, 0.4) is 0 Å². The van der Waals surface area contributed by atoms with Crippen LogP contribution in [0.1, 0.15) is 26.7 Å². The van der Waals surface area contributed by atoms with Crippen LogP contribution in [0, 0.1) is 10.8 Å². The number of hydrogen-bond donors (Lipinski definition) is 1. The monoisotopic (exact) mass is 171 g/mol. The predicted octanol–water partition coefficient (Wildman–Crippen LogP) is 0.924. The fourth-order valence-electron chi connectivity index (χ4n) is 2.37. The van der Waals surface area contributed by atoms with Gasteiger partial charge in [0.15, 0.2) is 0 Å². The minimum Gasteiger partial charge on any atom is -0.469 e. The number of rotatable bonds is 2. The number of methoxy groups -OCH3 is 1. The van der Waals surface area contributed by atoms with Crippen LogP contribution in [0.5, 0.6) is 0 Å². The molecule has 3 nitrogen and oxygen atoms in total. The Morgan fingerprint density at radius 2 is 2.00 bits per heavy atom. The van der Waals surface area contributed by atoms with E-state index in [1.807, 2.05) is 0 Å². The molecular formula is C9H17NO2. The summed E-state index contributed by atoms with van der Waals surface area (Å²) in [5.41, 5.74) is 5.45. The number of nitrogens with two attached hydrogens (primary N) is 1. The highest BCUT2D eigenvalue weighted by Crippen LogP contribution is 2.53. The lowest BCUT2D eigenvalue weighted by molar-refractivity contribution is -0.166. The van der Waals surface area contributed by atoms with E-state index in [4.69, 9.17) is 10.5 Å². The molecule has 12 heavy (non-hydrogen) atoms. The van der Waals surface area contributed by atoms with Gasteiger partial charge in [-0.25, -0.2) is 0 Å². The first-order chi connectivity index (χ1) is 5.46. The molecule has 2 N–H and O–H groups in total. The maximum Gasteiger partial charge on any atom is 0.313 e. The first kappa shape index (κ1) is 9.52. The zero-order chi connectivity index (χ0) is 9.41. The molecule has 3 heteroatoms. The third kappa shape index (κ3) is 1.33. The summed E-state index contributed by atoms with van der Waals surface area (Å²) < 4.78 is 4.72. The lowest BCUT2D eigenvalue weighted by Crippen LogP contribution is -2.53. The number of esters is 1. The Morgan fingerprint density at radius 3 is 2.25 bits per heavy atom. The molecule has 0 amide bonds. The van der Waals surface area contributed by atoms with Gasteiger partial charge in [0, 0.05) is 6.54 Å². The average Bonchev–Trinajstić information content (AvgIpc) is 1.97. The van der Waals surface area contributed by atoms with Gasteiger partial charge in [-0.1, -0.05) is 13.8 Å². The van der Waals surface area contributed by atoms with Crippen molar-refractivity contribution in [2.75, 3.05) is 13.7 Å². The van der Waals surface area contributed by atoms with Crippen LogP contribution >= 0.6 is 0 Å². The molecule has 1 fully saturated rings. The zero-order valence-electron chi connectivity index (χ0n) is 8.02. The minimum atomic E-state index is -0.377. The average molecular weight is 171 g/mol. The summed E-state index contributed by atoms with van der Waals surface area (Å²) in [7, 11) is 1.42. The Bertz CT molecular complexity index is 191. The molecule has 0 aromatic carbocycles. The Morgan fingerprint density at radius 1 is 1.50 bits per heavy atom. The highest BCUT2D eigenvalue weighted by molar-refractivity contribution is 5.78. The Balaban J connectivity index is 2.65. The van der Waals surface area contributed by atoms with Gasteiger partial charge in [-0.05, 0) is 18.3 Å². The summed E-state index contributed by atoms with van der Waals surface area (Å²) in [4.78, 5) is 11.3. The van der Waals surface area contributed by atoms with E-state index in [2.05, 4.69) is 13.8 Å². The van der Waals surface area contributed by atoms with Crippen molar-refractivity contribution in [3.05, 3.63) is 0 Å². The molecule has 0 heterocycles. The minimum absolute atomic E-state index is 0.149. The molecule has 0 bridgehead atoms. The molecule has 1 saturated carbocycles. The van der Waals surface area contributed by atoms with Crippen molar-refractivity contribution in [3.63, 3.8) is 0 Å². The molecule has 70 valence electrons. The zero-order valence-corrected chi connectivity index (χ0v) is 8.02. The maximum atomic E-state index is 11.3. The molecule has 1 aliphatic rings. The smallest absolute Gasteiger partial charge is 0.313 e. The lowest BCUT2D eigenvalue weighted by atomic mass is 9.54. The van der Waals surface area contributed by atoms with Crippen molar-refractivity contribution < 1.29 is 9.53 Å². The van der Waals surface area contributed by atoms with E-state index in [0.717, 1.165) is 12.8 Å². The summed E-state index contributed by atoms with van der Waals surface area (Å²) in [6, 6.07) is 0. The summed E-state index contributed by atoms with van der Waals surface area (Å²) in [6.45, 7) is 4.69. The van der Waals surface area contributed by atoms with Gasteiger partial charge in [-0.2, -0.15) is 0 Å². The van der Waals surface area contributed by atoms with E-state index in [0.29, 0.717) is 6.54 Å². The first-order valence-corrected chi connectivity index (χ1v) is 4.24. The van der Waals surface area contributed by atoms with Crippen molar-refractivity contribution in [2.24, 2.45) is 16.6 Å². The number of carbonyl (C=O) groups is 1. The van der Waals surface area contributed by atoms with Crippen LogP contribution in [0.25, 0.3) is 0 Å². The van der Waals surface area contributed by atoms with E-state index in [1.165, 1.54) is 7.11 Å². The summed E-state index contributed by atoms with van der Waals surface area (Å²) in [6.07, 6.45) is 1.70. The predicted molar refractivity (Wildman–Crippen MR) is 46.5 cm³/mol. The third-order valence-electron chi connectivity index (χ3n) is 2.64. The Kier molecular flexibility index (Phi) is 2.17. The molecule has 0 radical (unpaired) electrons. The highest BCUT2D eigenvalue weighted by atomic mass is 16.5. The highest BCUT2D eigenvalue weighted by Gasteiger charge is 2.54. The van der Waals surface area contributed by atoms with Crippen LogP contribution in [0.15, 0.2) is 0 Å². The van der Waals surface area contributed by atoms with E-state index >= 15 is 0 Å². The summed E-state index contributed by atoms with van der Waals surface area (Å²) in [5, 5.41) is 0. The molecule has 1 rings (SSSR count). The molecule has 0 aromatic heterocycles. The topological polar surface area (TPSA) is 52.3 Å². The molecular weight excluding hydrogens is 154 g/mol. The van der Waals surface area contributed by atoms with Gasteiger partial charge in [0.1, 0.15) is 0 Å². The third-order valence-corrected chi connectivity index (χ3v) is 2.64. The van der Waals surface area contributed by atoms with E-state index < -0.39 is 0 Å². The summed E-state index contributed by atoms with van der Waals surface area (Å²) in [5.74, 6) is -0.149. The second-order valence-electron chi connectivity index (χ2n) is 4.49. The molecule has 0 aliphatic heterocycles. The van der Waals surface area contributed by atoms with Crippen molar-refractivity contribution in [1.29, 1.82) is 0 Å². The van der Waals surface area contributed by atoms with Crippen LogP contribution in [-0.4, -0.2) is 19.6 Å². The quantitative estimate of drug-likeness (QED) is 0.629. The molecule has 1 aliphatic carbocycles. The van der Waals surface area contributed by atoms with Gasteiger partial charge in [0.2, 0.25) is 0 Å². The van der Waals surface area contributed by atoms with Crippen LogP contribution in [0.2, 0.25) is 0 Å². The van der Waals surface area contributed by atoms with Crippen molar-refractivity contribution in [3.8, 4) is 0 Å². The number of ether oxygens (including phenoxy) is 1. The maximum absolute atomic E-state index is 11.3. The first-order valence-electron chi connectivity index (χ1n) is 4.24. The van der Waals surface area contributed by atoms with Crippen molar-refractivity contribution in [1.82, 2.24) is 0 Å². The number of carbonyl (C=O) groups excluding carboxylic acids is 1. The largest absolute Gasteiger partial charge is 0.469 e. The normalized spacial score (nSPS) is 24.3. The Labute approximate surface area is 73.3 Å². The van der Waals surface area contributed by atoms with Gasteiger partial charge in [-0.15, -0.1) is 0 Å². The Hall–Kier alpha value is -0.570. The lowest BCUT2D eigenvalue weighted by Gasteiger charge is -2.50. The molecule has 0 saturated heterocycles. The van der Waals surface area contributed by atoms with Gasteiger partial charge >= 0.3 is 5.97 Å². The summed E-state index contributed by atoms with van der Waals surface area (Å²) >= 11 is 0. The van der Waals surface area contributed by atoms with Gasteiger partial charge in [0.25, 0.3) is 0 Å². The fourth-order valence-corrected chi connectivity index (χ4v) is 2.37. The molecule has 0 spiro atoms. The SMILES string of the molecule is COC(=O)C1(CN)CC(C)(C)C1.